The summed E-state index contributed by atoms with van der Waals surface area (Å²) in [6, 6.07) is 8.11. The fourth-order valence-electron chi connectivity index (χ4n) is 2.44. The van der Waals surface area contributed by atoms with E-state index in [9.17, 15) is 0 Å². The summed E-state index contributed by atoms with van der Waals surface area (Å²) in [5.41, 5.74) is 2.36. The number of nitrogens with zero attached hydrogens (tertiary/aromatic N) is 3. The topological polar surface area (TPSA) is 42.7 Å². The standard InChI is InChI=1S/C16H23ClN4/c1-3-8-18-11-14(10-16-12-21(2)20-19-16)9-13-4-6-15(17)7-5-13/h4-7,12,14,18H,3,8-11H2,1-2H3. The molecule has 0 spiro atoms. The van der Waals surface area contributed by atoms with Crippen LogP contribution in [0.1, 0.15) is 24.6 Å². The third-order valence-corrected chi connectivity index (χ3v) is 3.70. The zero-order valence-electron chi connectivity index (χ0n) is 12.7. The molecule has 0 fully saturated rings. The molecule has 4 nitrogen and oxygen atoms in total. The molecule has 1 unspecified atom stereocenters. The van der Waals surface area contributed by atoms with Crippen molar-refractivity contribution >= 4 is 11.6 Å². The Morgan fingerprint density at radius 3 is 2.62 bits per heavy atom. The van der Waals surface area contributed by atoms with Crippen LogP contribution in [0.15, 0.2) is 30.5 Å². The highest BCUT2D eigenvalue weighted by Crippen LogP contribution is 2.16. The second kappa shape index (κ2) is 8.15. The minimum atomic E-state index is 0.509. The zero-order chi connectivity index (χ0) is 15.1. The number of nitrogens with one attached hydrogen (secondary N) is 1. The van der Waals surface area contributed by atoms with Gasteiger partial charge in [-0.1, -0.05) is 35.9 Å². The second-order valence-electron chi connectivity index (χ2n) is 5.49. The van der Waals surface area contributed by atoms with Gasteiger partial charge in [0.05, 0.1) is 5.69 Å². The van der Waals surface area contributed by atoms with Crippen molar-refractivity contribution in [1.29, 1.82) is 0 Å². The van der Waals surface area contributed by atoms with Gasteiger partial charge in [0.2, 0.25) is 0 Å². The summed E-state index contributed by atoms with van der Waals surface area (Å²) in [4.78, 5) is 0. The van der Waals surface area contributed by atoms with Crippen LogP contribution >= 0.6 is 11.6 Å². The molecule has 2 aromatic rings. The third kappa shape index (κ3) is 5.48. The number of aromatic nitrogens is 3. The van der Waals surface area contributed by atoms with E-state index in [1.165, 1.54) is 5.56 Å². The molecule has 0 aliphatic carbocycles. The first-order valence-corrected chi connectivity index (χ1v) is 7.85. The molecule has 0 amide bonds. The molecule has 1 N–H and O–H groups in total. The molecular weight excluding hydrogens is 284 g/mol. The number of benzene rings is 1. The van der Waals surface area contributed by atoms with Crippen LogP contribution in [0.5, 0.6) is 0 Å². The summed E-state index contributed by atoms with van der Waals surface area (Å²) < 4.78 is 1.76. The van der Waals surface area contributed by atoms with Gasteiger partial charge in [-0.05, 0) is 56.0 Å². The summed E-state index contributed by atoms with van der Waals surface area (Å²) in [5.74, 6) is 0.509. The van der Waals surface area contributed by atoms with Gasteiger partial charge in [0.25, 0.3) is 0 Å². The molecular formula is C16H23ClN4. The fraction of sp³-hybridized carbons (Fsp3) is 0.500. The van der Waals surface area contributed by atoms with Crippen molar-refractivity contribution in [2.75, 3.05) is 13.1 Å². The van der Waals surface area contributed by atoms with E-state index in [0.717, 1.165) is 43.1 Å². The van der Waals surface area contributed by atoms with Crippen LogP contribution in [0.25, 0.3) is 0 Å². The van der Waals surface area contributed by atoms with Gasteiger partial charge in [-0.2, -0.15) is 0 Å². The molecule has 0 saturated heterocycles. The molecule has 1 heterocycles. The number of hydrogen-bond acceptors (Lipinski definition) is 3. The van der Waals surface area contributed by atoms with E-state index >= 15 is 0 Å². The summed E-state index contributed by atoms with van der Waals surface area (Å²) >= 11 is 5.95. The molecule has 1 aromatic heterocycles. The maximum atomic E-state index is 5.95. The minimum Gasteiger partial charge on any atom is -0.316 e. The maximum Gasteiger partial charge on any atom is 0.0830 e. The van der Waals surface area contributed by atoms with Crippen molar-refractivity contribution in [2.45, 2.75) is 26.2 Å². The SMILES string of the molecule is CCCNCC(Cc1ccc(Cl)cc1)Cc1cn(C)nn1. The van der Waals surface area contributed by atoms with Gasteiger partial charge in [0.15, 0.2) is 0 Å². The molecule has 1 atom stereocenters. The fourth-order valence-corrected chi connectivity index (χ4v) is 2.56. The molecule has 1 aromatic carbocycles. The zero-order valence-corrected chi connectivity index (χ0v) is 13.5. The van der Waals surface area contributed by atoms with Gasteiger partial charge in [-0.15, -0.1) is 5.10 Å². The van der Waals surface area contributed by atoms with Crippen LogP contribution in [-0.2, 0) is 19.9 Å². The lowest BCUT2D eigenvalue weighted by atomic mass is 9.95. The number of halogens is 1. The Hall–Kier alpha value is -1.39. The minimum absolute atomic E-state index is 0.509. The number of rotatable bonds is 8. The first-order chi connectivity index (χ1) is 10.2. The van der Waals surface area contributed by atoms with Crippen molar-refractivity contribution in [3.8, 4) is 0 Å². The highest BCUT2D eigenvalue weighted by molar-refractivity contribution is 6.30. The van der Waals surface area contributed by atoms with Gasteiger partial charge >= 0.3 is 0 Å². The summed E-state index contributed by atoms with van der Waals surface area (Å²) in [6.07, 6.45) is 5.10. The monoisotopic (exact) mass is 306 g/mol. The van der Waals surface area contributed by atoms with Gasteiger partial charge in [0, 0.05) is 18.3 Å². The first kappa shape index (κ1) is 16.0. The van der Waals surface area contributed by atoms with E-state index in [0.29, 0.717) is 5.92 Å². The molecule has 0 aliphatic rings. The average molecular weight is 307 g/mol. The predicted octanol–water partition coefficient (Wildman–Crippen LogP) is 2.87. The molecule has 5 heteroatoms. The smallest absolute Gasteiger partial charge is 0.0830 e. The van der Waals surface area contributed by atoms with E-state index in [4.69, 9.17) is 11.6 Å². The molecule has 0 saturated carbocycles. The van der Waals surface area contributed by atoms with Crippen molar-refractivity contribution in [3.05, 3.63) is 46.7 Å². The Labute approximate surface area is 131 Å². The van der Waals surface area contributed by atoms with E-state index in [2.05, 4.69) is 34.7 Å². The van der Waals surface area contributed by atoms with Crippen LogP contribution in [0.3, 0.4) is 0 Å². The Morgan fingerprint density at radius 2 is 2.00 bits per heavy atom. The molecule has 0 radical (unpaired) electrons. The highest BCUT2D eigenvalue weighted by Gasteiger charge is 2.13. The Bertz CT molecular complexity index is 535. The van der Waals surface area contributed by atoms with Crippen LogP contribution in [-0.4, -0.2) is 28.1 Å². The first-order valence-electron chi connectivity index (χ1n) is 7.47. The summed E-state index contributed by atoms with van der Waals surface area (Å²) in [6.45, 7) is 4.23. The number of hydrogen-bond donors (Lipinski definition) is 1. The van der Waals surface area contributed by atoms with Crippen molar-refractivity contribution in [3.63, 3.8) is 0 Å². The molecule has 0 aliphatic heterocycles. The van der Waals surface area contributed by atoms with Crippen LogP contribution in [0.2, 0.25) is 5.02 Å². The van der Waals surface area contributed by atoms with Gasteiger partial charge < -0.3 is 5.32 Å². The van der Waals surface area contributed by atoms with Crippen LogP contribution < -0.4 is 5.32 Å². The number of aryl methyl sites for hydroxylation is 1. The Morgan fingerprint density at radius 1 is 1.24 bits per heavy atom. The van der Waals surface area contributed by atoms with E-state index < -0.39 is 0 Å². The van der Waals surface area contributed by atoms with Gasteiger partial charge in [-0.3, -0.25) is 4.68 Å². The lowest BCUT2D eigenvalue weighted by molar-refractivity contribution is 0.466. The van der Waals surface area contributed by atoms with Crippen molar-refractivity contribution in [1.82, 2.24) is 20.3 Å². The van der Waals surface area contributed by atoms with Crippen LogP contribution in [0.4, 0.5) is 0 Å². The maximum absolute atomic E-state index is 5.95. The average Bonchev–Trinajstić information content (AvgIpc) is 2.87. The quantitative estimate of drug-likeness (QED) is 0.763. The van der Waals surface area contributed by atoms with E-state index in [1.807, 2.05) is 25.4 Å². The summed E-state index contributed by atoms with van der Waals surface area (Å²) in [5, 5.41) is 12.5. The normalized spacial score (nSPS) is 12.5. The molecule has 114 valence electrons. The van der Waals surface area contributed by atoms with Crippen molar-refractivity contribution in [2.24, 2.45) is 13.0 Å². The highest BCUT2D eigenvalue weighted by atomic mass is 35.5. The van der Waals surface area contributed by atoms with Crippen molar-refractivity contribution < 1.29 is 0 Å². The van der Waals surface area contributed by atoms with E-state index in [1.54, 1.807) is 4.68 Å². The lowest BCUT2D eigenvalue weighted by Crippen LogP contribution is -2.26. The van der Waals surface area contributed by atoms with Crippen LogP contribution in [0, 0.1) is 5.92 Å². The Kier molecular flexibility index (Phi) is 6.21. The van der Waals surface area contributed by atoms with E-state index in [-0.39, 0.29) is 0 Å². The van der Waals surface area contributed by atoms with Gasteiger partial charge in [-0.25, -0.2) is 0 Å². The second-order valence-corrected chi connectivity index (χ2v) is 5.92. The molecule has 21 heavy (non-hydrogen) atoms. The third-order valence-electron chi connectivity index (χ3n) is 3.45. The lowest BCUT2D eigenvalue weighted by Gasteiger charge is -2.16. The Balaban J connectivity index is 1.98. The molecule has 2 rings (SSSR count). The van der Waals surface area contributed by atoms with Gasteiger partial charge in [0.1, 0.15) is 0 Å². The predicted molar refractivity (Wildman–Crippen MR) is 86.5 cm³/mol. The molecule has 0 bridgehead atoms. The largest absolute Gasteiger partial charge is 0.316 e. The summed E-state index contributed by atoms with van der Waals surface area (Å²) in [7, 11) is 1.90.